The van der Waals surface area contributed by atoms with Crippen molar-refractivity contribution < 1.29 is 9.47 Å². The summed E-state index contributed by atoms with van der Waals surface area (Å²) in [7, 11) is 0. The third-order valence-corrected chi connectivity index (χ3v) is 3.89. The van der Waals surface area contributed by atoms with E-state index in [1.807, 2.05) is 31.2 Å². The molecule has 3 rings (SSSR count). The van der Waals surface area contributed by atoms with Gasteiger partial charge in [0, 0.05) is 11.6 Å². The monoisotopic (exact) mass is 283 g/mol. The lowest BCUT2D eigenvalue weighted by molar-refractivity contribution is 0.00993. The van der Waals surface area contributed by atoms with E-state index < -0.39 is 0 Å². The molecule has 0 spiro atoms. The van der Waals surface area contributed by atoms with Crippen LogP contribution in [0.4, 0.5) is 0 Å². The summed E-state index contributed by atoms with van der Waals surface area (Å²) in [6.07, 6.45) is 0.972. The van der Waals surface area contributed by atoms with Crippen LogP contribution in [0.15, 0.2) is 48.5 Å². The van der Waals surface area contributed by atoms with Gasteiger partial charge in [-0.05, 0) is 30.5 Å². The van der Waals surface area contributed by atoms with Crippen LogP contribution in [0, 0.1) is 0 Å². The first-order valence-electron chi connectivity index (χ1n) is 7.42. The quantitative estimate of drug-likeness (QED) is 0.935. The zero-order valence-corrected chi connectivity index (χ0v) is 12.3. The van der Waals surface area contributed by atoms with Crippen LogP contribution in [0.2, 0.25) is 0 Å². The molecule has 0 aromatic heterocycles. The molecule has 3 heteroatoms. The van der Waals surface area contributed by atoms with Gasteiger partial charge in [-0.2, -0.15) is 0 Å². The van der Waals surface area contributed by atoms with Gasteiger partial charge in [-0.3, -0.25) is 0 Å². The average molecular weight is 283 g/mol. The van der Waals surface area contributed by atoms with Gasteiger partial charge in [0.1, 0.15) is 18.5 Å². The van der Waals surface area contributed by atoms with Crippen LogP contribution < -0.4 is 10.5 Å². The fourth-order valence-electron chi connectivity index (χ4n) is 2.77. The smallest absolute Gasteiger partial charge is 0.124 e. The van der Waals surface area contributed by atoms with Gasteiger partial charge in [-0.1, -0.05) is 42.5 Å². The van der Waals surface area contributed by atoms with Crippen LogP contribution in [-0.4, -0.2) is 13.2 Å². The van der Waals surface area contributed by atoms with E-state index in [0.717, 1.165) is 24.3 Å². The highest BCUT2D eigenvalue weighted by atomic mass is 16.5. The first-order valence-corrected chi connectivity index (χ1v) is 7.42. The predicted molar refractivity (Wildman–Crippen MR) is 83.4 cm³/mol. The molecule has 2 aromatic rings. The fourth-order valence-corrected chi connectivity index (χ4v) is 2.77. The van der Waals surface area contributed by atoms with Crippen molar-refractivity contribution in [3.8, 4) is 5.75 Å². The molecule has 1 unspecified atom stereocenters. The minimum Gasteiger partial charge on any atom is -0.490 e. The maximum atomic E-state index is 5.99. The summed E-state index contributed by atoms with van der Waals surface area (Å²) in [4.78, 5) is 0. The number of rotatable bonds is 4. The second-order valence-corrected chi connectivity index (χ2v) is 5.45. The fraction of sp³-hybridized carbons (Fsp3) is 0.333. The Morgan fingerprint density at radius 2 is 1.95 bits per heavy atom. The summed E-state index contributed by atoms with van der Waals surface area (Å²) in [5, 5.41) is 0. The van der Waals surface area contributed by atoms with Crippen LogP contribution in [0.3, 0.4) is 0 Å². The van der Waals surface area contributed by atoms with E-state index in [1.165, 1.54) is 11.1 Å². The Labute approximate surface area is 125 Å². The Bertz CT molecular complexity index is 610. The third-order valence-electron chi connectivity index (χ3n) is 3.89. The standard InChI is InChI=1S/C18H21NO2/c1-13(19)15-7-4-5-9-17(15)21-12-18-16-8-3-2-6-14(16)10-11-20-18/h2-9,13,18H,10-12,19H2,1H3/t13-,18?/m0/s1. The van der Waals surface area contributed by atoms with E-state index in [1.54, 1.807) is 0 Å². The van der Waals surface area contributed by atoms with Gasteiger partial charge in [0.15, 0.2) is 0 Å². The second kappa shape index (κ2) is 6.29. The number of ether oxygens (including phenoxy) is 2. The summed E-state index contributed by atoms with van der Waals surface area (Å²) >= 11 is 0. The number of hydrogen-bond acceptors (Lipinski definition) is 3. The number of fused-ring (bicyclic) bond motifs is 1. The molecule has 3 nitrogen and oxygen atoms in total. The number of benzene rings is 2. The Hall–Kier alpha value is -1.84. The van der Waals surface area contributed by atoms with Crippen molar-refractivity contribution in [1.29, 1.82) is 0 Å². The molecule has 2 N–H and O–H groups in total. The molecule has 1 heterocycles. The van der Waals surface area contributed by atoms with Gasteiger partial charge in [0.25, 0.3) is 0 Å². The van der Waals surface area contributed by atoms with Gasteiger partial charge in [0.2, 0.25) is 0 Å². The predicted octanol–water partition coefficient (Wildman–Crippen LogP) is 3.40. The molecule has 0 bridgehead atoms. The highest BCUT2D eigenvalue weighted by Crippen LogP contribution is 2.29. The van der Waals surface area contributed by atoms with Crippen LogP contribution in [0.25, 0.3) is 0 Å². The summed E-state index contributed by atoms with van der Waals surface area (Å²) in [5.41, 5.74) is 9.61. The highest BCUT2D eigenvalue weighted by molar-refractivity contribution is 5.36. The molecule has 1 aliphatic rings. The van der Waals surface area contributed by atoms with Crippen molar-refractivity contribution >= 4 is 0 Å². The number of nitrogens with two attached hydrogens (primary N) is 1. The van der Waals surface area contributed by atoms with Crippen molar-refractivity contribution in [2.45, 2.75) is 25.5 Å². The molecule has 1 aliphatic heterocycles. The molecule has 2 atom stereocenters. The molecule has 0 radical (unpaired) electrons. The first kappa shape index (κ1) is 14.1. The van der Waals surface area contributed by atoms with Crippen molar-refractivity contribution in [2.24, 2.45) is 5.73 Å². The zero-order chi connectivity index (χ0) is 14.7. The van der Waals surface area contributed by atoms with E-state index in [2.05, 4.69) is 24.3 Å². The molecule has 21 heavy (non-hydrogen) atoms. The topological polar surface area (TPSA) is 44.5 Å². The van der Waals surface area contributed by atoms with Crippen LogP contribution >= 0.6 is 0 Å². The van der Waals surface area contributed by atoms with E-state index >= 15 is 0 Å². The molecular weight excluding hydrogens is 262 g/mol. The van der Waals surface area contributed by atoms with Crippen molar-refractivity contribution in [3.63, 3.8) is 0 Å². The van der Waals surface area contributed by atoms with Crippen LogP contribution in [-0.2, 0) is 11.2 Å². The van der Waals surface area contributed by atoms with Crippen LogP contribution in [0.1, 0.15) is 35.8 Å². The minimum absolute atomic E-state index is 0.00362. The molecular formula is C18H21NO2. The maximum absolute atomic E-state index is 5.99. The summed E-state index contributed by atoms with van der Waals surface area (Å²) < 4.78 is 11.9. The Kier molecular flexibility index (Phi) is 4.23. The van der Waals surface area contributed by atoms with E-state index in [9.17, 15) is 0 Å². The Balaban J connectivity index is 1.75. The van der Waals surface area contributed by atoms with Crippen LogP contribution in [0.5, 0.6) is 5.75 Å². The maximum Gasteiger partial charge on any atom is 0.124 e. The summed E-state index contributed by atoms with van der Waals surface area (Å²) in [6, 6.07) is 16.3. The minimum atomic E-state index is -0.0410. The molecule has 0 amide bonds. The van der Waals surface area contributed by atoms with Crippen molar-refractivity contribution in [2.75, 3.05) is 13.2 Å². The Morgan fingerprint density at radius 3 is 2.81 bits per heavy atom. The molecule has 0 fully saturated rings. The lowest BCUT2D eigenvalue weighted by atomic mass is 9.98. The average Bonchev–Trinajstić information content (AvgIpc) is 2.53. The SMILES string of the molecule is C[C@H](N)c1ccccc1OCC1OCCc2ccccc21. The first-order chi connectivity index (χ1) is 10.3. The van der Waals surface area contributed by atoms with Gasteiger partial charge < -0.3 is 15.2 Å². The van der Waals surface area contributed by atoms with Crippen molar-refractivity contribution in [1.82, 2.24) is 0 Å². The summed E-state index contributed by atoms with van der Waals surface area (Å²) in [6.45, 7) is 3.23. The van der Waals surface area contributed by atoms with E-state index in [0.29, 0.717) is 6.61 Å². The molecule has 2 aromatic carbocycles. The molecule has 0 saturated heterocycles. The normalized spacial score (nSPS) is 18.9. The van der Waals surface area contributed by atoms with E-state index in [4.69, 9.17) is 15.2 Å². The molecule has 0 aliphatic carbocycles. The van der Waals surface area contributed by atoms with Crippen molar-refractivity contribution in [3.05, 3.63) is 65.2 Å². The Morgan fingerprint density at radius 1 is 1.19 bits per heavy atom. The third kappa shape index (κ3) is 3.09. The zero-order valence-electron chi connectivity index (χ0n) is 12.3. The van der Waals surface area contributed by atoms with Gasteiger partial charge in [-0.25, -0.2) is 0 Å². The highest BCUT2D eigenvalue weighted by Gasteiger charge is 2.21. The second-order valence-electron chi connectivity index (χ2n) is 5.45. The molecule has 110 valence electrons. The number of para-hydroxylation sites is 1. The molecule has 0 saturated carbocycles. The lowest BCUT2D eigenvalue weighted by Gasteiger charge is -2.26. The number of hydrogen-bond donors (Lipinski definition) is 1. The van der Waals surface area contributed by atoms with Gasteiger partial charge >= 0.3 is 0 Å². The van der Waals surface area contributed by atoms with Gasteiger partial charge in [0.05, 0.1) is 6.61 Å². The summed E-state index contributed by atoms with van der Waals surface area (Å²) in [5.74, 6) is 0.846. The van der Waals surface area contributed by atoms with Gasteiger partial charge in [-0.15, -0.1) is 0 Å². The lowest BCUT2D eigenvalue weighted by Crippen LogP contribution is -2.22. The largest absolute Gasteiger partial charge is 0.490 e. The van der Waals surface area contributed by atoms with E-state index in [-0.39, 0.29) is 12.1 Å².